The molecule has 3 unspecified atom stereocenters. The third kappa shape index (κ3) is 7.61. The van der Waals surface area contributed by atoms with Crippen LogP contribution in [-0.2, 0) is 26.0 Å². The van der Waals surface area contributed by atoms with Gasteiger partial charge in [-0.05, 0) is 55.2 Å². The number of carbonyl (C=O) groups excluding carboxylic acids is 3. The first-order valence-corrected chi connectivity index (χ1v) is 17.2. The molecule has 1 saturated heterocycles. The maximum Gasteiger partial charge on any atom is 0.415 e. The summed E-state index contributed by atoms with van der Waals surface area (Å²) in [6.45, 7) is 4.94. The second-order valence-corrected chi connectivity index (χ2v) is 14.5. The minimum Gasteiger partial charge on any atom is -0.434 e. The molecule has 2 N–H and O–H groups in total. The second-order valence-electron chi connectivity index (χ2n) is 11.7. The zero-order chi connectivity index (χ0) is 33.0. The third-order valence-electron chi connectivity index (χ3n) is 7.66. The molecule has 1 aliphatic heterocycles. The Labute approximate surface area is 271 Å². The van der Waals surface area contributed by atoms with Gasteiger partial charge >= 0.3 is 6.09 Å². The average molecular weight is 665 g/mol. The molecule has 0 saturated carbocycles. The van der Waals surface area contributed by atoms with Gasteiger partial charge in [0.25, 0.3) is 5.91 Å². The summed E-state index contributed by atoms with van der Waals surface area (Å²) < 4.78 is 35.1. The number of fused-ring (bicyclic) bond motifs is 1. The largest absolute Gasteiger partial charge is 0.434 e. The van der Waals surface area contributed by atoms with E-state index in [4.69, 9.17) is 4.74 Å². The summed E-state index contributed by atoms with van der Waals surface area (Å²) in [6, 6.07) is 19.5. The number of amides is 2. The van der Waals surface area contributed by atoms with Crippen LogP contribution < -0.4 is 10.2 Å². The lowest BCUT2D eigenvalue weighted by molar-refractivity contribution is -0.129. The molecule has 2 amide bonds. The monoisotopic (exact) mass is 664 g/mol. The van der Waals surface area contributed by atoms with Crippen molar-refractivity contribution in [2.75, 3.05) is 24.5 Å². The quantitative estimate of drug-likeness (QED) is 0.202. The van der Waals surface area contributed by atoms with Gasteiger partial charge in [0.2, 0.25) is 10.0 Å². The lowest BCUT2D eigenvalue weighted by atomic mass is 10.0. The van der Waals surface area contributed by atoms with E-state index in [-0.39, 0.29) is 42.7 Å². The molecule has 0 aliphatic carbocycles. The van der Waals surface area contributed by atoms with Crippen molar-refractivity contribution in [3.63, 3.8) is 0 Å². The standard InChI is InChI=1S/C33H36N4O7S2/c1-21(2)17-36(46(42,43)26-12-13-27-31(16-26)45-20-34-27)18-29(39)28(14-23-8-5-4-6-9-23)35-32(40)30-19-37(33(41)44-30)25-11-7-10-24(15-25)22(3)38/h4-13,15-16,20-21,28-30,39H,14,17-19H2,1-3H3,(H,35,40). The van der Waals surface area contributed by atoms with Gasteiger partial charge in [-0.25, -0.2) is 18.2 Å². The summed E-state index contributed by atoms with van der Waals surface area (Å²) in [5.41, 5.74) is 3.99. The van der Waals surface area contributed by atoms with Crippen molar-refractivity contribution < 1.29 is 32.6 Å². The van der Waals surface area contributed by atoms with Gasteiger partial charge in [-0.2, -0.15) is 4.31 Å². The fourth-order valence-electron chi connectivity index (χ4n) is 5.29. The number of anilines is 1. The molecular formula is C33H36N4O7S2. The number of nitrogens with zero attached hydrogens (tertiary/aromatic N) is 3. The number of rotatable bonds is 13. The zero-order valence-electron chi connectivity index (χ0n) is 25.7. The highest BCUT2D eigenvalue weighted by atomic mass is 32.2. The number of Topliss-reactive ketones (excluding diaryl/α,β-unsaturated/α-hetero) is 1. The Hall–Kier alpha value is -4.17. The van der Waals surface area contributed by atoms with E-state index in [9.17, 15) is 27.9 Å². The van der Waals surface area contributed by atoms with Crippen LogP contribution in [0.1, 0.15) is 36.7 Å². The Morgan fingerprint density at radius 1 is 1.09 bits per heavy atom. The summed E-state index contributed by atoms with van der Waals surface area (Å²) in [7, 11) is -4.03. The number of nitrogens with one attached hydrogen (secondary N) is 1. The molecule has 3 aromatic carbocycles. The lowest BCUT2D eigenvalue weighted by Gasteiger charge is -2.31. The van der Waals surface area contributed by atoms with Crippen molar-refractivity contribution in [1.82, 2.24) is 14.6 Å². The molecule has 3 atom stereocenters. The Balaban J connectivity index is 1.36. The number of aromatic nitrogens is 1. The van der Waals surface area contributed by atoms with Gasteiger partial charge in [-0.1, -0.05) is 56.3 Å². The molecule has 242 valence electrons. The first kappa shape index (κ1) is 33.2. The SMILES string of the molecule is CC(=O)c1cccc(N2CC(C(=O)NC(Cc3ccccc3)C(O)CN(CC(C)C)S(=O)(=O)c3ccc4ncsc4c3)OC2=O)c1. The molecule has 11 nitrogen and oxygen atoms in total. The lowest BCUT2D eigenvalue weighted by Crippen LogP contribution is -2.53. The van der Waals surface area contributed by atoms with E-state index in [0.717, 1.165) is 10.3 Å². The van der Waals surface area contributed by atoms with E-state index in [1.54, 1.807) is 41.9 Å². The van der Waals surface area contributed by atoms with E-state index in [1.165, 1.54) is 33.5 Å². The Kier molecular flexibility index (Phi) is 10.2. The molecule has 1 fully saturated rings. The molecule has 1 aromatic heterocycles. The summed E-state index contributed by atoms with van der Waals surface area (Å²) >= 11 is 1.34. The Bertz CT molecular complexity index is 1830. The van der Waals surface area contributed by atoms with Crippen LogP contribution in [0.3, 0.4) is 0 Å². The number of hydrogen-bond acceptors (Lipinski definition) is 9. The second kappa shape index (κ2) is 14.1. The number of hydrogen-bond donors (Lipinski definition) is 2. The van der Waals surface area contributed by atoms with Crippen molar-refractivity contribution in [3.05, 3.63) is 89.4 Å². The molecule has 46 heavy (non-hydrogen) atoms. The smallest absolute Gasteiger partial charge is 0.415 e. The first-order valence-electron chi connectivity index (χ1n) is 14.9. The van der Waals surface area contributed by atoms with Crippen LogP contribution in [0.2, 0.25) is 0 Å². The highest BCUT2D eigenvalue weighted by Gasteiger charge is 2.39. The minimum atomic E-state index is -4.03. The van der Waals surface area contributed by atoms with Crippen LogP contribution in [0.4, 0.5) is 10.5 Å². The van der Waals surface area contributed by atoms with Gasteiger partial charge in [0.05, 0.1) is 39.3 Å². The number of ketones is 1. The number of cyclic esters (lactones) is 1. The molecule has 0 bridgehead atoms. The molecular weight excluding hydrogens is 629 g/mol. The van der Waals surface area contributed by atoms with Crippen molar-refractivity contribution in [2.24, 2.45) is 5.92 Å². The normalized spacial score (nSPS) is 16.5. The number of aliphatic hydroxyl groups excluding tert-OH is 1. The predicted octanol–water partition coefficient (Wildman–Crippen LogP) is 4.26. The fraction of sp³-hybridized carbons (Fsp3) is 0.333. The van der Waals surface area contributed by atoms with Crippen LogP contribution in [0, 0.1) is 5.92 Å². The topological polar surface area (TPSA) is 146 Å². The number of aliphatic hydroxyl groups is 1. The number of sulfonamides is 1. The van der Waals surface area contributed by atoms with Gasteiger partial charge in [0.1, 0.15) is 0 Å². The van der Waals surface area contributed by atoms with E-state index in [0.29, 0.717) is 16.8 Å². The van der Waals surface area contributed by atoms with Gasteiger partial charge in [-0.3, -0.25) is 14.5 Å². The molecule has 2 heterocycles. The third-order valence-corrected chi connectivity index (χ3v) is 10.3. The first-order chi connectivity index (χ1) is 21.9. The van der Waals surface area contributed by atoms with Crippen LogP contribution >= 0.6 is 11.3 Å². The summed E-state index contributed by atoms with van der Waals surface area (Å²) in [5, 5.41) is 14.4. The molecule has 4 aromatic rings. The predicted molar refractivity (Wildman–Crippen MR) is 175 cm³/mol. The molecule has 0 radical (unpaired) electrons. The summed E-state index contributed by atoms with van der Waals surface area (Å²) in [4.78, 5) is 43.7. The van der Waals surface area contributed by atoms with Gasteiger partial charge in [-0.15, -0.1) is 11.3 Å². The van der Waals surface area contributed by atoms with Crippen LogP contribution in [0.15, 0.2) is 83.2 Å². The van der Waals surface area contributed by atoms with E-state index in [2.05, 4.69) is 10.3 Å². The maximum absolute atomic E-state index is 13.9. The molecule has 5 rings (SSSR count). The van der Waals surface area contributed by atoms with Crippen LogP contribution in [0.5, 0.6) is 0 Å². The van der Waals surface area contributed by atoms with Crippen molar-refractivity contribution in [3.8, 4) is 0 Å². The minimum absolute atomic E-state index is 0.0540. The van der Waals surface area contributed by atoms with E-state index in [1.807, 2.05) is 44.2 Å². The van der Waals surface area contributed by atoms with Crippen molar-refractivity contribution in [1.29, 1.82) is 0 Å². The Morgan fingerprint density at radius 2 is 1.85 bits per heavy atom. The molecule has 0 spiro atoms. The number of thiazole rings is 1. The number of carbonyl (C=O) groups is 3. The van der Waals surface area contributed by atoms with E-state index >= 15 is 0 Å². The van der Waals surface area contributed by atoms with Crippen molar-refractivity contribution >= 4 is 55.0 Å². The maximum atomic E-state index is 13.9. The van der Waals surface area contributed by atoms with Gasteiger partial charge in [0, 0.05) is 24.3 Å². The summed E-state index contributed by atoms with van der Waals surface area (Å²) in [5.74, 6) is -0.854. The summed E-state index contributed by atoms with van der Waals surface area (Å²) in [6.07, 6.45) is -3.06. The molecule has 1 aliphatic rings. The highest BCUT2D eigenvalue weighted by Crippen LogP contribution is 2.26. The Morgan fingerprint density at radius 3 is 2.57 bits per heavy atom. The average Bonchev–Trinajstić information content (AvgIpc) is 3.67. The highest BCUT2D eigenvalue weighted by molar-refractivity contribution is 7.89. The van der Waals surface area contributed by atoms with E-state index < -0.39 is 40.3 Å². The van der Waals surface area contributed by atoms with Gasteiger partial charge in [0.15, 0.2) is 11.9 Å². The van der Waals surface area contributed by atoms with Gasteiger partial charge < -0.3 is 15.2 Å². The fourth-order valence-corrected chi connectivity index (χ4v) is 7.73. The van der Waals surface area contributed by atoms with Crippen LogP contribution in [-0.4, -0.2) is 78.5 Å². The number of ether oxygens (including phenoxy) is 1. The molecule has 13 heteroatoms. The number of benzene rings is 3. The zero-order valence-corrected chi connectivity index (χ0v) is 27.3. The van der Waals surface area contributed by atoms with Crippen LogP contribution in [0.25, 0.3) is 10.2 Å². The van der Waals surface area contributed by atoms with Crippen molar-refractivity contribution in [2.45, 2.75) is 50.3 Å².